The molecule has 0 unspecified atom stereocenters. The molecule has 10 nitrogen and oxygen atoms in total. The lowest BCUT2D eigenvalue weighted by Crippen LogP contribution is -2.59. The van der Waals surface area contributed by atoms with Crippen molar-refractivity contribution in [3.63, 3.8) is 0 Å². The van der Waals surface area contributed by atoms with Crippen molar-refractivity contribution in [2.45, 2.75) is 104 Å². The second-order valence-electron chi connectivity index (χ2n) is 11.1. The maximum Gasteiger partial charge on any atom is 0.240 e. The van der Waals surface area contributed by atoms with Crippen molar-refractivity contribution in [3.8, 4) is 0 Å². The zero-order valence-electron chi connectivity index (χ0n) is 21.0. The second-order valence-corrected chi connectivity index (χ2v) is 11.1. The predicted octanol–water partition coefficient (Wildman–Crippen LogP) is 0.591. The summed E-state index contributed by atoms with van der Waals surface area (Å²) in [6.07, 6.45) is 2.11. The van der Waals surface area contributed by atoms with Crippen LogP contribution in [-0.2, 0) is 24.0 Å². The first-order valence-corrected chi connectivity index (χ1v) is 12.3. The fraction of sp³-hybridized carbons (Fsp3) is 0.800. The summed E-state index contributed by atoms with van der Waals surface area (Å²) in [5.41, 5.74) is -0.479. The fourth-order valence-corrected chi connectivity index (χ4v) is 5.11. The van der Waals surface area contributed by atoms with Gasteiger partial charge in [-0.1, -0.05) is 21.3 Å². The van der Waals surface area contributed by atoms with Crippen molar-refractivity contribution >= 4 is 29.4 Å². The zero-order chi connectivity index (χ0) is 25.2. The Morgan fingerprint density at radius 2 is 1.77 bits per heavy atom. The molecule has 35 heavy (non-hydrogen) atoms. The van der Waals surface area contributed by atoms with Crippen molar-refractivity contribution in [1.82, 2.24) is 25.8 Å². The smallest absolute Gasteiger partial charge is 0.240 e. The van der Waals surface area contributed by atoms with Crippen LogP contribution in [0.25, 0.3) is 0 Å². The molecule has 0 aromatic rings. The lowest BCUT2D eigenvalue weighted by molar-refractivity contribution is -0.134. The van der Waals surface area contributed by atoms with E-state index in [-0.39, 0.29) is 68.9 Å². The third kappa shape index (κ3) is 7.25. The second kappa shape index (κ2) is 11.5. The number of hydrogen-bond donors (Lipinski definition) is 3. The van der Waals surface area contributed by atoms with E-state index in [1.165, 1.54) is 0 Å². The van der Waals surface area contributed by atoms with Gasteiger partial charge in [0.05, 0.1) is 31.2 Å². The Balaban J connectivity index is 0.00000432. The van der Waals surface area contributed by atoms with Crippen molar-refractivity contribution in [2.24, 2.45) is 5.92 Å². The fourth-order valence-electron chi connectivity index (χ4n) is 5.11. The van der Waals surface area contributed by atoms with Crippen LogP contribution < -0.4 is 16.0 Å². The molecule has 3 N–H and O–H groups in total. The Morgan fingerprint density at radius 1 is 1.09 bits per heavy atom. The number of fused-ring (bicyclic) bond motifs is 2. The molecule has 3 saturated heterocycles. The van der Waals surface area contributed by atoms with Crippen LogP contribution in [0.4, 0.5) is 0 Å². The molecule has 3 heterocycles. The zero-order valence-corrected chi connectivity index (χ0v) is 21.0. The van der Waals surface area contributed by atoms with Crippen molar-refractivity contribution in [3.05, 3.63) is 0 Å². The molecule has 0 saturated carbocycles. The number of nitrogens with zero attached hydrogens (tertiary/aromatic N) is 2. The molecule has 0 aromatic carbocycles. The SMILES string of the molecule is C.CC(C)C[C@H]1[C@H]2[C@@H](C(=O)NC(C)(C)C)N3CCC[C@@H]3C(=O)NCC(=O)NCC(=O)CCC(=O)N21. The topological polar surface area (TPSA) is 128 Å². The van der Waals surface area contributed by atoms with E-state index in [1.54, 1.807) is 4.90 Å². The average Bonchev–Trinajstić information content (AvgIpc) is 3.17. The van der Waals surface area contributed by atoms with E-state index in [4.69, 9.17) is 0 Å². The number of hydrogen-bond acceptors (Lipinski definition) is 6. The molecule has 3 aliphatic rings. The van der Waals surface area contributed by atoms with E-state index in [9.17, 15) is 24.0 Å². The Labute approximate surface area is 208 Å². The van der Waals surface area contributed by atoms with Crippen molar-refractivity contribution < 1.29 is 24.0 Å². The molecule has 3 rings (SSSR count). The highest BCUT2D eigenvalue weighted by molar-refractivity contribution is 5.93. The number of nitrogens with one attached hydrogen (secondary N) is 3. The minimum absolute atomic E-state index is 0. The quantitative estimate of drug-likeness (QED) is 0.494. The van der Waals surface area contributed by atoms with E-state index in [2.05, 4.69) is 29.8 Å². The summed E-state index contributed by atoms with van der Waals surface area (Å²) in [7, 11) is 0. The van der Waals surface area contributed by atoms with E-state index in [1.807, 2.05) is 25.7 Å². The molecule has 0 spiro atoms. The highest BCUT2D eigenvalue weighted by Gasteiger charge is 2.59. The summed E-state index contributed by atoms with van der Waals surface area (Å²) >= 11 is 0. The highest BCUT2D eigenvalue weighted by Crippen LogP contribution is 2.40. The summed E-state index contributed by atoms with van der Waals surface area (Å²) in [5.74, 6) is -1.08. The molecule has 4 atom stereocenters. The van der Waals surface area contributed by atoms with Gasteiger partial charge in [-0.3, -0.25) is 28.9 Å². The first-order chi connectivity index (χ1) is 15.9. The molecular weight excluding hydrogens is 450 g/mol. The average molecular weight is 494 g/mol. The van der Waals surface area contributed by atoms with Gasteiger partial charge in [-0.25, -0.2) is 0 Å². The number of carbonyl (C=O) groups excluding carboxylic acids is 5. The first-order valence-electron chi connectivity index (χ1n) is 12.3. The van der Waals surface area contributed by atoms with Crippen LogP contribution in [0.3, 0.4) is 0 Å². The Morgan fingerprint density at radius 3 is 2.40 bits per heavy atom. The van der Waals surface area contributed by atoms with Crippen molar-refractivity contribution in [1.29, 1.82) is 0 Å². The van der Waals surface area contributed by atoms with Crippen LogP contribution in [0.2, 0.25) is 0 Å². The molecule has 4 amide bonds. The van der Waals surface area contributed by atoms with Gasteiger partial charge in [-0.2, -0.15) is 0 Å². The van der Waals surface area contributed by atoms with Crippen LogP contribution in [0, 0.1) is 5.92 Å². The summed E-state index contributed by atoms with van der Waals surface area (Å²) in [6, 6.07) is -1.71. The molecule has 0 aromatic heterocycles. The molecule has 3 aliphatic heterocycles. The maximum absolute atomic E-state index is 13.6. The van der Waals surface area contributed by atoms with Crippen LogP contribution in [0.15, 0.2) is 0 Å². The van der Waals surface area contributed by atoms with Crippen LogP contribution >= 0.6 is 0 Å². The van der Waals surface area contributed by atoms with Crippen molar-refractivity contribution in [2.75, 3.05) is 19.6 Å². The van der Waals surface area contributed by atoms with Crippen LogP contribution in [0.1, 0.15) is 74.1 Å². The van der Waals surface area contributed by atoms with E-state index < -0.39 is 23.5 Å². The highest BCUT2D eigenvalue weighted by atomic mass is 16.2. The minimum Gasteiger partial charge on any atom is -0.350 e. The van der Waals surface area contributed by atoms with Gasteiger partial charge in [0.1, 0.15) is 6.04 Å². The Hall–Kier alpha value is -2.49. The largest absolute Gasteiger partial charge is 0.350 e. The molecule has 10 heteroatoms. The lowest BCUT2D eigenvalue weighted by atomic mass is 9.99. The van der Waals surface area contributed by atoms with Crippen LogP contribution in [0.5, 0.6) is 0 Å². The molecule has 0 aliphatic carbocycles. The van der Waals surface area contributed by atoms with Gasteiger partial charge in [0.25, 0.3) is 0 Å². The third-order valence-electron chi connectivity index (χ3n) is 6.55. The molecule has 0 bridgehead atoms. The van der Waals surface area contributed by atoms with Gasteiger partial charge >= 0.3 is 0 Å². The summed E-state index contributed by atoms with van der Waals surface area (Å²) < 4.78 is 0. The molecule has 3 fully saturated rings. The number of carbonyl (C=O) groups is 5. The number of Topliss-reactive ketones (excluding diaryl/α,β-unsaturated/α-hetero) is 1. The Kier molecular flexibility index (Phi) is 9.44. The van der Waals surface area contributed by atoms with Crippen LogP contribution in [-0.4, -0.2) is 88.6 Å². The van der Waals surface area contributed by atoms with E-state index in [0.29, 0.717) is 18.9 Å². The normalized spacial score (nSPS) is 28.7. The standard InChI is InChI=1S/C24H39N5O5.CH4/c1-14(2)11-17-20-21(23(34)27-24(3,4)5)28-10-6-7-16(28)22(33)26-13-18(31)25-12-15(30)8-9-19(32)29(17)20;/h14,16-17,20-21H,6-13H2,1-5H3,(H,25,31)(H,26,33)(H,27,34);1H4/t16-,17+,20+,21+,29?;/m1./s1. The van der Waals surface area contributed by atoms with Gasteiger partial charge < -0.3 is 20.9 Å². The lowest BCUT2D eigenvalue weighted by Gasteiger charge is -2.34. The van der Waals surface area contributed by atoms with E-state index >= 15 is 0 Å². The maximum atomic E-state index is 13.6. The minimum atomic E-state index is -0.681. The number of rotatable bonds is 3. The summed E-state index contributed by atoms with van der Waals surface area (Å²) in [5, 5.41) is 8.21. The number of amides is 4. The number of ketones is 1. The summed E-state index contributed by atoms with van der Waals surface area (Å²) in [4.78, 5) is 67.7. The molecular formula is C25H43N5O5. The monoisotopic (exact) mass is 493 g/mol. The Bertz CT molecular complexity index is 837. The van der Waals surface area contributed by atoms with Gasteiger partial charge in [-0.05, 0) is 52.5 Å². The summed E-state index contributed by atoms with van der Waals surface area (Å²) in [6.45, 7) is 10.00. The van der Waals surface area contributed by atoms with Gasteiger partial charge in [0.2, 0.25) is 23.6 Å². The third-order valence-corrected chi connectivity index (χ3v) is 6.55. The van der Waals surface area contributed by atoms with Gasteiger partial charge in [0.15, 0.2) is 5.78 Å². The molecule has 0 radical (unpaired) electrons. The first kappa shape index (κ1) is 28.7. The van der Waals surface area contributed by atoms with E-state index in [0.717, 1.165) is 12.8 Å². The van der Waals surface area contributed by atoms with Gasteiger partial charge in [-0.15, -0.1) is 0 Å². The van der Waals surface area contributed by atoms with Gasteiger partial charge in [0, 0.05) is 18.4 Å². The molecule has 198 valence electrons. The predicted molar refractivity (Wildman–Crippen MR) is 132 cm³/mol.